The average molecular weight is 445 g/mol. The van der Waals surface area contributed by atoms with E-state index in [1.165, 1.54) is 18.8 Å². The number of hydrogen-bond donors (Lipinski definition) is 0. The largest absolute Gasteiger partial charge is 0.618 e. The zero-order valence-corrected chi connectivity index (χ0v) is 19.1. The van der Waals surface area contributed by atoms with Crippen LogP contribution < -0.4 is 9.46 Å². The lowest BCUT2D eigenvalue weighted by Gasteiger charge is -2.28. The number of aromatic nitrogens is 2. The first-order valence-corrected chi connectivity index (χ1v) is 11.8. The van der Waals surface area contributed by atoms with Crippen LogP contribution in [0.1, 0.15) is 75.6 Å². The van der Waals surface area contributed by atoms with Gasteiger partial charge in [-0.15, -0.1) is 0 Å². The highest BCUT2D eigenvalue weighted by atomic mass is 16.7. The Kier molecular flexibility index (Phi) is 9.71. The summed E-state index contributed by atoms with van der Waals surface area (Å²) in [6.45, 7) is 1.57. The molecule has 0 amide bonds. The molecule has 1 aliphatic heterocycles. The second-order valence-corrected chi connectivity index (χ2v) is 8.39. The lowest BCUT2D eigenvalue weighted by molar-refractivity contribution is -0.643. The third kappa shape index (κ3) is 6.40. The molecule has 3 heterocycles. The van der Waals surface area contributed by atoms with E-state index in [-0.39, 0.29) is 6.29 Å². The summed E-state index contributed by atoms with van der Waals surface area (Å²) in [5.74, 6) is 0. The van der Waals surface area contributed by atoms with E-state index in [9.17, 15) is 10.4 Å². The molecule has 1 unspecified atom stereocenters. The van der Waals surface area contributed by atoms with E-state index in [4.69, 9.17) is 14.2 Å². The average Bonchev–Trinajstić information content (AvgIpc) is 2.82. The van der Waals surface area contributed by atoms with Crippen molar-refractivity contribution < 1.29 is 23.7 Å². The van der Waals surface area contributed by atoms with Crippen molar-refractivity contribution in [1.29, 1.82) is 0 Å². The molecular weight excluding hydrogens is 408 g/mol. The van der Waals surface area contributed by atoms with Crippen molar-refractivity contribution in [3.05, 3.63) is 70.6 Å². The van der Waals surface area contributed by atoms with E-state index in [0.29, 0.717) is 17.8 Å². The molecule has 2 aromatic heterocycles. The first kappa shape index (κ1) is 24.4. The van der Waals surface area contributed by atoms with Crippen molar-refractivity contribution in [2.45, 2.75) is 76.1 Å². The van der Waals surface area contributed by atoms with Gasteiger partial charge in [-0.2, -0.15) is 9.46 Å². The summed E-state index contributed by atoms with van der Waals surface area (Å²) in [6.07, 6.45) is 13.0. The number of methoxy groups -OCH3 is 1. The molecular formula is C25H36N2O5. The molecule has 32 heavy (non-hydrogen) atoms. The van der Waals surface area contributed by atoms with Crippen molar-refractivity contribution >= 4 is 0 Å². The molecule has 0 bridgehead atoms. The minimum Gasteiger partial charge on any atom is -0.618 e. The van der Waals surface area contributed by atoms with Crippen LogP contribution in [0.2, 0.25) is 0 Å². The van der Waals surface area contributed by atoms with Gasteiger partial charge in [-0.25, -0.2) is 0 Å². The Balaban J connectivity index is 1.48. The van der Waals surface area contributed by atoms with Crippen LogP contribution in [0.4, 0.5) is 0 Å². The molecule has 0 radical (unpaired) electrons. The summed E-state index contributed by atoms with van der Waals surface area (Å²) >= 11 is 0. The number of unbranched alkanes of at least 4 members (excludes halogenated alkanes) is 5. The lowest BCUT2D eigenvalue weighted by Crippen LogP contribution is -2.50. The Morgan fingerprint density at radius 2 is 1.53 bits per heavy atom. The van der Waals surface area contributed by atoms with Crippen LogP contribution in [-0.2, 0) is 19.8 Å². The van der Waals surface area contributed by atoms with Crippen LogP contribution in [0.3, 0.4) is 0 Å². The SMILES string of the molecule is COC(CCCCCCCCOC1CCCCO1)(c1cccc[n+]1[O-])c1cccc[n+]1[O-]. The molecule has 7 nitrogen and oxygen atoms in total. The molecule has 1 fully saturated rings. The first-order valence-electron chi connectivity index (χ1n) is 11.8. The van der Waals surface area contributed by atoms with Gasteiger partial charge in [0.05, 0.1) is 0 Å². The summed E-state index contributed by atoms with van der Waals surface area (Å²) in [5.41, 5.74) is -0.222. The van der Waals surface area contributed by atoms with Crippen LogP contribution in [0.15, 0.2) is 48.8 Å². The minimum absolute atomic E-state index is 0.00515. The summed E-state index contributed by atoms with van der Waals surface area (Å²) < 4.78 is 18.9. The van der Waals surface area contributed by atoms with Gasteiger partial charge in [0.25, 0.3) is 0 Å². The third-order valence-electron chi connectivity index (χ3n) is 6.19. The van der Waals surface area contributed by atoms with Gasteiger partial charge in [0.15, 0.2) is 18.7 Å². The number of ether oxygens (including phenoxy) is 3. The zero-order valence-electron chi connectivity index (χ0n) is 19.1. The predicted molar refractivity (Wildman–Crippen MR) is 120 cm³/mol. The number of pyridine rings is 2. The van der Waals surface area contributed by atoms with Gasteiger partial charge in [-0.3, -0.25) is 0 Å². The molecule has 0 spiro atoms. The number of hydrogen-bond acceptors (Lipinski definition) is 5. The van der Waals surface area contributed by atoms with Gasteiger partial charge in [-0.1, -0.05) is 25.7 Å². The Morgan fingerprint density at radius 3 is 2.09 bits per heavy atom. The van der Waals surface area contributed by atoms with E-state index >= 15 is 0 Å². The maximum atomic E-state index is 12.6. The van der Waals surface area contributed by atoms with Crippen LogP contribution in [0, 0.1) is 10.4 Å². The van der Waals surface area contributed by atoms with Gasteiger partial charge in [-0.05, 0) is 50.7 Å². The monoisotopic (exact) mass is 444 g/mol. The molecule has 0 N–H and O–H groups in total. The van der Waals surface area contributed by atoms with Gasteiger partial charge >= 0.3 is 0 Å². The van der Waals surface area contributed by atoms with Crippen molar-refractivity contribution in [3.63, 3.8) is 0 Å². The van der Waals surface area contributed by atoms with E-state index in [1.807, 2.05) is 0 Å². The predicted octanol–water partition coefficient (Wildman–Crippen LogP) is 4.12. The molecule has 2 aromatic rings. The summed E-state index contributed by atoms with van der Waals surface area (Å²) in [5, 5.41) is 25.1. The highest BCUT2D eigenvalue weighted by Gasteiger charge is 2.46. The molecule has 1 atom stereocenters. The molecule has 0 aliphatic carbocycles. The van der Waals surface area contributed by atoms with Crippen molar-refractivity contribution in [2.75, 3.05) is 20.3 Å². The highest BCUT2D eigenvalue weighted by Crippen LogP contribution is 2.34. The third-order valence-corrected chi connectivity index (χ3v) is 6.19. The molecule has 0 saturated carbocycles. The maximum absolute atomic E-state index is 12.6. The standard InChI is InChI=1S/C25H36N2O5/c1-30-25(22-14-6-10-18-26(22)28,23-15-7-11-19-27(23)29)17-9-4-2-3-5-12-20-31-24-16-8-13-21-32-24/h6-7,10-11,14-15,18-19,24H,2-5,8-9,12-13,16-17,20-21H2,1H3. The lowest BCUT2D eigenvalue weighted by atomic mass is 9.87. The van der Waals surface area contributed by atoms with Crippen LogP contribution in [0.5, 0.6) is 0 Å². The van der Waals surface area contributed by atoms with E-state index in [1.54, 1.807) is 43.5 Å². The topological polar surface area (TPSA) is 81.6 Å². The number of nitrogens with zero attached hydrogens (tertiary/aromatic N) is 2. The summed E-state index contributed by atoms with van der Waals surface area (Å²) in [6, 6.07) is 10.4. The smallest absolute Gasteiger partial charge is 0.238 e. The van der Waals surface area contributed by atoms with Crippen molar-refractivity contribution in [3.8, 4) is 0 Å². The molecule has 1 aliphatic rings. The molecule has 176 valence electrons. The van der Waals surface area contributed by atoms with Crippen LogP contribution >= 0.6 is 0 Å². The molecule has 1 saturated heterocycles. The van der Waals surface area contributed by atoms with Gasteiger partial charge < -0.3 is 24.6 Å². The van der Waals surface area contributed by atoms with Gasteiger partial charge in [0.2, 0.25) is 17.0 Å². The zero-order chi connectivity index (χ0) is 22.7. The highest BCUT2D eigenvalue weighted by molar-refractivity contribution is 5.22. The Labute approximate surface area is 191 Å². The van der Waals surface area contributed by atoms with Crippen LogP contribution in [0.25, 0.3) is 0 Å². The Hall–Kier alpha value is -2.22. The maximum Gasteiger partial charge on any atom is 0.238 e. The fraction of sp³-hybridized carbons (Fsp3) is 0.600. The van der Waals surface area contributed by atoms with Crippen LogP contribution in [-0.4, -0.2) is 26.6 Å². The quantitative estimate of drug-likeness (QED) is 0.264. The first-order chi connectivity index (χ1) is 15.7. The van der Waals surface area contributed by atoms with Gasteiger partial charge in [0, 0.05) is 44.6 Å². The van der Waals surface area contributed by atoms with E-state index in [0.717, 1.165) is 74.0 Å². The van der Waals surface area contributed by atoms with Crippen molar-refractivity contribution in [2.24, 2.45) is 0 Å². The second kappa shape index (κ2) is 12.7. The normalized spacial score (nSPS) is 16.8. The minimum atomic E-state index is -1.08. The molecule has 3 rings (SSSR count). The summed E-state index contributed by atoms with van der Waals surface area (Å²) in [4.78, 5) is 0. The fourth-order valence-corrected chi connectivity index (χ4v) is 4.42. The van der Waals surface area contributed by atoms with Crippen molar-refractivity contribution in [1.82, 2.24) is 0 Å². The number of rotatable bonds is 13. The van der Waals surface area contributed by atoms with Gasteiger partial charge in [0.1, 0.15) is 0 Å². The van der Waals surface area contributed by atoms with E-state index < -0.39 is 5.60 Å². The molecule has 7 heteroatoms. The van der Waals surface area contributed by atoms with E-state index in [2.05, 4.69) is 0 Å². The summed E-state index contributed by atoms with van der Waals surface area (Å²) in [7, 11) is 1.57. The second-order valence-electron chi connectivity index (χ2n) is 8.39. The Morgan fingerprint density at radius 1 is 0.906 bits per heavy atom. The molecule has 0 aromatic carbocycles. The Bertz CT molecular complexity index is 765. The fourth-order valence-electron chi connectivity index (χ4n) is 4.42.